The highest BCUT2D eigenvalue weighted by atomic mass is 32.2. The molecular formula is C12H25NS. The highest BCUT2D eigenvalue weighted by molar-refractivity contribution is 7.98. The van der Waals surface area contributed by atoms with E-state index in [4.69, 9.17) is 0 Å². The monoisotopic (exact) mass is 215 g/mol. The Kier molecular flexibility index (Phi) is 6.70. The SMILES string of the molecule is CCCNCC1CCCC1CCSC. The molecule has 0 aliphatic heterocycles. The van der Waals surface area contributed by atoms with Gasteiger partial charge in [0.15, 0.2) is 0 Å². The van der Waals surface area contributed by atoms with E-state index < -0.39 is 0 Å². The quantitative estimate of drug-likeness (QED) is 0.655. The second-order valence-electron chi connectivity index (χ2n) is 4.44. The van der Waals surface area contributed by atoms with Crippen LogP contribution >= 0.6 is 11.8 Å². The van der Waals surface area contributed by atoms with Crippen LogP contribution in [0.1, 0.15) is 39.0 Å². The Labute approximate surface area is 93.4 Å². The number of hydrogen-bond donors (Lipinski definition) is 1. The van der Waals surface area contributed by atoms with Gasteiger partial charge >= 0.3 is 0 Å². The molecule has 1 rings (SSSR count). The molecule has 0 bridgehead atoms. The molecule has 0 aromatic rings. The first-order valence-electron chi connectivity index (χ1n) is 6.08. The van der Waals surface area contributed by atoms with E-state index in [9.17, 15) is 0 Å². The lowest BCUT2D eigenvalue weighted by Gasteiger charge is -2.19. The van der Waals surface area contributed by atoms with Gasteiger partial charge in [-0.05, 0) is 56.2 Å². The van der Waals surface area contributed by atoms with E-state index in [0.717, 1.165) is 11.8 Å². The molecule has 1 nitrogen and oxygen atoms in total. The maximum absolute atomic E-state index is 3.58. The fraction of sp³-hybridized carbons (Fsp3) is 1.00. The molecule has 2 heteroatoms. The molecule has 1 saturated carbocycles. The van der Waals surface area contributed by atoms with E-state index in [1.54, 1.807) is 0 Å². The Morgan fingerprint density at radius 1 is 1.29 bits per heavy atom. The molecule has 1 aliphatic carbocycles. The van der Waals surface area contributed by atoms with Crippen molar-refractivity contribution in [3.63, 3.8) is 0 Å². The third-order valence-corrected chi connectivity index (χ3v) is 3.99. The van der Waals surface area contributed by atoms with Crippen LogP contribution in [0.15, 0.2) is 0 Å². The number of rotatable bonds is 7. The average Bonchev–Trinajstić information content (AvgIpc) is 2.63. The zero-order chi connectivity index (χ0) is 10.2. The Morgan fingerprint density at radius 2 is 2.07 bits per heavy atom. The number of nitrogens with one attached hydrogen (secondary N) is 1. The number of thioether (sulfide) groups is 1. The summed E-state index contributed by atoms with van der Waals surface area (Å²) >= 11 is 2.00. The Morgan fingerprint density at radius 3 is 2.79 bits per heavy atom. The summed E-state index contributed by atoms with van der Waals surface area (Å²) in [5, 5.41) is 3.58. The van der Waals surface area contributed by atoms with E-state index in [-0.39, 0.29) is 0 Å². The van der Waals surface area contributed by atoms with Crippen molar-refractivity contribution in [2.45, 2.75) is 39.0 Å². The molecule has 0 radical (unpaired) electrons. The van der Waals surface area contributed by atoms with Crippen LogP contribution in [-0.4, -0.2) is 25.1 Å². The van der Waals surface area contributed by atoms with Crippen LogP contribution in [0.5, 0.6) is 0 Å². The Bertz CT molecular complexity index is 138. The molecule has 84 valence electrons. The molecule has 0 aromatic heterocycles. The van der Waals surface area contributed by atoms with Crippen molar-refractivity contribution >= 4 is 11.8 Å². The normalized spacial score (nSPS) is 27.0. The van der Waals surface area contributed by atoms with Crippen molar-refractivity contribution in [2.75, 3.05) is 25.1 Å². The predicted octanol–water partition coefficient (Wildman–Crippen LogP) is 3.16. The lowest BCUT2D eigenvalue weighted by molar-refractivity contribution is 0.360. The third-order valence-electron chi connectivity index (χ3n) is 3.34. The van der Waals surface area contributed by atoms with Gasteiger partial charge in [-0.2, -0.15) is 11.8 Å². The fourth-order valence-corrected chi connectivity index (χ4v) is 3.03. The molecule has 0 saturated heterocycles. The summed E-state index contributed by atoms with van der Waals surface area (Å²) in [5.74, 6) is 3.36. The van der Waals surface area contributed by atoms with Crippen molar-refractivity contribution < 1.29 is 0 Å². The van der Waals surface area contributed by atoms with E-state index in [2.05, 4.69) is 18.5 Å². The molecule has 1 fully saturated rings. The molecule has 0 amide bonds. The Hall–Kier alpha value is 0.310. The lowest BCUT2D eigenvalue weighted by atomic mass is 9.93. The minimum absolute atomic E-state index is 0.980. The average molecular weight is 215 g/mol. The van der Waals surface area contributed by atoms with Gasteiger partial charge < -0.3 is 5.32 Å². The van der Waals surface area contributed by atoms with Crippen LogP contribution in [0.3, 0.4) is 0 Å². The topological polar surface area (TPSA) is 12.0 Å². The standard InChI is InChI=1S/C12H25NS/c1-3-8-13-10-12-6-4-5-11(12)7-9-14-2/h11-13H,3-10H2,1-2H3. The van der Waals surface area contributed by atoms with Gasteiger partial charge in [0.1, 0.15) is 0 Å². The van der Waals surface area contributed by atoms with Gasteiger partial charge in [0.05, 0.1) is 0 Å². The summed E-state index contributed by atoms with van der Waals surface area (Å²) in [4.78, 5) is 0. The second kappa shape index (κ2) is 7.58. The maximum Gasteiger partial charge on any atom is -0.00179 e. The van der Waals surface area contributed by atoms with Crippen molar-refractivity contribution in [3.05, 3.63) is 0 Å². The van der Waals surface area contributed by atoms with Gasteiger partial charge in [-0.15, -0.1) is 0 Å². The minimum Gasteiger partial charge on any atom is -0.316 e. The fourth-order valence-electron chi connectivity index (χ4n) is 2.50. The first kappa shape index (κ1) is 12.4. The van der Waals surface area contributed by atoms with Crippen LogP contribution in [0, 0.1) is 11.8 Å². The first-order valence-corrected chi connectivity index (χ1v) is 7.47. The largest absolute Gasteiger partial charge is 0.316 e. The molecule has 2 atom stereocenters. The van der Waals surface area contributed by atoms with Crippen LogP contribution < -0.4 is 5.32 Å². The highest BCUT2D eigenvalue weighted by Crippen LogP contribution is 2.34. The highest BCUT2D eigenvalue weighted by Gasteiger charge is 2.25. The van der Waals surface area contributed by atoms with Crippen LogP contribution in [0.4, 0.5) is 0 Å². The molecule has 1 N–H and O–H groups in total. The summed E-state index contributed by atoms with van der Waals surface area (Å²) in [6.07, 6.45) is 9.35. The summed E-state index contributed by atoms with van der Waals surface area (Å²) in [6.45, 7) is 4.71. The van der Waals surface area contributed by atoms with Gasteiger partial charge in [-0.1, -0.05) is 19.8 Å². The first-order chi connectivity index (χ1) is 6.88. The van der Waals surface area contributed by atoms with Gasteiger partial charge in [0, 0.05) is 0 Å². The van der Waals surface area contributed by atoms with E-state index in [0.29, 0.717) is 0 Å². The zero-order valence-corrected chi connectivity index (χ0v) is 10.5. The van der Waals surface area contributed by atoms with E-state index >= 15 is 0 Å². The van der Waals surface area contributed by atoms with E-state index in [1.807, 2.05) is 11.8 Å². The Balaban J connectivity index is 2.14. The van der Waals surface area contributed by atoms with E-state index in [1.165, 1.54) is 50.9 Å². The second-order valence-corrected chi connectivity index (χ2v) is 5.42. The van der Waals surface area contributed by atoms with Crippen LogP contribution in [0.25, 0.3) is 0 Å². The molecular weight excluding hydrogens is 190 g/mol. The van der Waals surface area contributed by atoms with Crippen molar-refractivity contribution in [1.82, 2.24) is 5.32 Å². The van der Waals surface area contributed by atoms with Crippen molar-refractivity contribution in [1.29, 1.82) is 0 Å². The van der Waals surface area contributed by atoms with Gasteiger partial charge in [-0.3, -0.25) is 0 Å². The third kappa shape index (κ3) is 4.22. The minimum atomic E-state index is 0.980. The molecule has 0 aromatic carbocycles. The van der Waals surface area contributed by atoms with Gasteiger partial charge in [-0.25, -0.2) is 0 Å². The molecule has 0 heterocycles. The van der Waals surface area contributed by atoms with Crippen LogP contribution in [-0.2, 0) is 0 Å². The van der Waals surface area contributed by atoms with Crippen molar-refractivity contribution in [3.8, 4) is 0 Å². The molecule has 2 unspecified atom stereocenters. The van der Waals surface area contributed by atoms with Crippen molar-refractivity contribution in [2.24, 2.45) is 11.8 Å². The van der Waals surface area contributed by atoms with Gasteiger partial charge in [0.25, 0.3) is 0 Å². The zero-order valence-electron chi connectivity index (χ0n) is 9.72. The molecule has 14 heavy (non-hydrogen) atoms. The number of hydrogen-bond acceptors (Lipinski definition) is 2. The smallest absolute Gasteiger partial charge is 0.00179 e. The summed E-state index contributed by atoms with van der Waals surface area (Å²) < 4.78 is 0. The summed E-state index contributed by atoms with van der Waals surface area (Å²) in [5.41, 5.74) is 0. The summed E-state index contributed by atoms with van der Waals surface area (Å²) in [7, 11) is 0. The van der Waals surface area contributed by atoms with Crippen LogP contribution in [0.2, 0.25) is 0 Å². The van der Waals surface area contributed by atoms with Gasteiger partial charge in [0.2, 0.25) is 0 Å². The predicted molar refractivity (Wildman–Crippen MR) is 67.0 cm³/mol. The summed E-state index contributed by atoms with van der Waals surface area (Å²) in [6, 6.07) is 0. The molecule has 0 spiro atoms. The maximum atomic E-state index is 3.58. The lowest BCUT2D eigenvalue weighted by Crippen LogP contribution is -2.26. The molecule has 1 aliphatic rings.